The van der Waals surface area contributed by atoms with E-state index >= 15 is 0 Å². The smallest absolute Gasteiger partial charge is 0.126 e. The molecule has 3 rings (SSSR count). The molecular weight excluding hydrogens is 366 g/mol. The van der Waals surface area contributed by atoms with Crippen LogP contribution in [0.4, 0.5) is 5.82 Å². The molecule has 24 heavy (non-hydrogen) atoms. The van der Waals surface area contributed by atoms with E-state index < -0.39 is 0 Å². The summed E-state index contributed by atoms with van der Waals surface area (Å²) < 4.78 is 6.58. The van der Waals surface area contributed by atoms with Gasteiger partial charge in [0.25, 0.3) is 0 Å². The van der Waals surface area contributed by atoms with Crippen molar-refractivity contribution < 1.29 is 4.74 Å². The highest BCUT2D eigenvalue weighted by Gasteiger charge is 2.33. The Morgan fingerprint density at radius 3 is 2.58 bits per heavy atom. The standard InChI is InChI=1S/C19H24BrN3O/c1-15(16-5-3-2-4-6-16)23-19(9-11-24-12-10-19)14-22-18-8-7-17(20)13-21-18/h2-8,13,15,23H,9-12,14H2,1H3,(H,21,22). The lowest BCUT2D eigenvalue weighted by Crippen LogP contribution is -2.54. The van der Waals surface area contributed by atoms with Crippen LogP contribution in [0.15, 0.2) is 53.1 Å². The van der Waals surface area contributed by atoms with Gasteiger partial charge in [0.05, 0.1) is 0 Å². The number of rotatable bonds is 6. The van der Waals surface area contributed by atoms with E-state index in [1.807, 2.05) is 18.3 Å². The van der Waals surface area contributed by atoms with Crippen LogP contribution in [0, 0.1) is 0 Å². The van der Waals surface area contributed by atoms with Gasteiger partial charge in [0.15, 0.2) is 0 Å². The lowest BCUT2D eigenvalue weighted by atomic mass is 9.88. The van der Waals surface area contributed by atoms with E-state index in [9.17, 15) is 0 Å². The van der Waals surface area contributed by atoms with Gasteiger partial charge in [-0.1, -0.05) is 30.3 Å². The van der Waals surface area contributed by atoms with Gasteiger partial charge in [-0.2, -0.15) is 0 Å². The number of hydrogen-bond acceptors (Lipinski definition) is 4. The third kappa shape index (κ3) is 4.56. The van der Waals surface area contributed by atoms with Gasteiger partial charge in [-0.05, 0) is 53.4 Å². The van der Waals surface area contributed by atoms with Crippen LogP contribution in [-0.4, -0.2) is 30.3 Å². The molecule has 128 valence electrons. The topological polar surface area (TPSA) is 46.2 Å². The predicted octanol–water partition coefficient (Wildman–Crippen LogP) is 4.16. The molecule has 5 heteroatoms. The zero-order chi connectivity index (χ0) is 16.8. The summed E-state index contributed by atoms with van der Waals surface area (Å²) in [4.78, 5) is 4.41. The molecule has 1 aliphatic heterocycles. The molecule has 1 atom stereocenters. The van der Waals surface area contributed by atoms with Crippen molar-refractivity contribution in [1.29, 1.82) is 0 Å². The average Bonchev–Trinajstić information content (AvgIpc) is 2.63. The minimum absolute atomic E-state index is 0.0161. The van der Waals surface area contributed by atoms with Crippen molar-refractivity contribution in [1.82, 2.24) is 10.3 Å². The Morgan fingerprint density at radius 1 is 1.17 bits per heavy atom. The SMILES string of the molecule is CC(NC1(CNc2ccc(Br)cn2)CCOCC1)c1ccccc1. The largest absolute Gasteiger partial charge is 0.381 e. The first-order chi connectivity index (χ1) is 11.7. The number of anilines is 1. The van der Waals surface area contributed by atoms with Crippen molar-refractivity contribution in [3.63, 3.8) is 0 Å². The zero-order valence-electron chi connectivity index (χ0n) is 14.0. The second-order valence-corrected chi connectivity index (χ2v) is 7.30. The molecule has 0 spiro atoms. The highest BCUT2D eigenvalue weighted by Crippen LogP contribution is 2.26. The minimum atomic E-state index is 0.0161. The Balaban J connectivity index is 1.68. The molecule has 0 radical (unpaired) electrons. The number of benzene rings is 1. The number of aromatic nitrogens is 1. The lowest BCUT2D eigenvalue weighted by molar-refractivity contribution is 0.0389. The van der Waals surface area contributed by atoms with Crippen molar-refractivity contribution in [3.05, 3.63) is 58.7 Å². The van der Waals surface area contributed by atoms with Gasteiger partial charge in [0.2, 0.25) is 0 Å². The van der Waals surface area contributed by atoms with Crippen molar-refractivity contribution in [3.8, 4) is 0 Å². The third-order valence-corrected chi connectivity index (χ3v) is 5.08. The fraction of sp³-hybridized carbons (Fsp3) is 0.421. The van der Waals surface area contributed by atoms with E-state index in [4.69, 9.17) is 4.74 Å². The first kappa shape index (κ1) is 17.4. The van der Waals surface area contributed by atoms with E-state index in [1.165, 1.54) is 5.56 Å². The molecule has 2 aromatic rings. The van der Waals surface area contributed by atoms with E-state index in [-0.39, 0.29) is 5.54 Å². The number of nitrogens with one attached hydrogen (secondary N) is 2. The number of hydrogen-bond donors (Lipinski definition) is 2. The minimum Gasteiger partial charge on any atom is -0.381 e. The van der Waals surface area contributed by atoms with Gasteiger partial charge in [-0.25, -0.2) is 4.98 Å². The fourth-order valence-electron chi connectivity index (χ4n) is 3.16. The van der Waals surface area contributed by atoms with E-state index in [1.54, 1.807) is 0 Å². The van der Waals surface area contributed by atoms with E-state index in [0.29, 0.717) is 6.04 Å². The van der Waals surface area contributed by atoms with Crippen molar-refractivity contribution in [2.24, 2.45) is 0 Å². The maximum absolute atomic E-state index is 5.59. The Kier molecular flexibility index (Phi) is 5.87. The second-order valence-electron chi connectivity index (χ2n) is 6.38. The maximum Gasteiger partial charge on any atom is 0.126 e. The fourth-order valence-corrected chi connectivity index (χ4v) is 3.39. The van der Waals surface area contributed by atoms with E-state index in [2.05, 4.69) is 68.8 Å². The molecule has 1 saturated heterocycles. The van der Waals surface area contributed by atoms with E-state index in [0.717, 1.165) is 42.9 Å². The van der Waals surface area contributed by atoms with Gasteiger partial charge in [0.1, 0.15) is 5.82 Å². The van der Waals surface area contributed by atoms with Crippen LogP contribution < -0.4 is 10.6 Å². The first-order valence-corrected chi connectivity index (χ1v) is 9.22. The van der Waals surface area contributed by atoms with Crippen LogP contribution >= 0.6 is 15.9 Å². The highest BCUT2D eigenvalue weighted by atomic mass is 79.9. The van der Waals surface area contributed by atoms with Crippen LogP contribution in [-0.2, 0) is 4.74 Å². The molecule has 1 fully saturated rings. The molecule has 0 amide bonds. The van der Waals surface area contributed by atoms with Crippen LogP contribution in [0.2, 0.25) is 0 Å². The molecule has 0 saturated carbocycles. The molecule has 2 heterocycles. The molecule has 1 aliphatic rings. The lowest BCUT2D eigenvalue weighted by Gasteiger charge is -2.40. The first-order valence-electron chi connectivity index (χ1n) is 8.43. The highest BCUT2D eigenvalue weighted by molar-refractivity contribution is 9.10. The van der Waals surface area contributed by atoms with Gasteiger partial charge in [-0.15, -0.1) is 0 Å². The summed E-state index contributed by atoms with van der Waals surface area (Å²) in [5, 5.41) is 7.34. The molecule has 4 nitrogen and oxygen atoms in total. The maximum atomic E-state index is 5.59. The Labute approximate surface area is 152 Å². The number of ether oxygens (including phenoxy) is 1. The average molecular weight is 390 g/mol. The quantitative estimate of drug-likeness (QED) is 0.778. The van der Waals surface area contributed by atoms with Crippen LogP contribution in [0.3, 0.4) is 0 Å². The Hall–Kier alpha value is -1.43. The summed E-state index contributed by atoms with van der Waals surface area (Å²) >= 11 is 3.42. The molecule has 1 unspecified atom stereocenters. The summed E-state index contributed by atoms with van der Waals surface area (Å²) in [5.41, 5.74) is 1.33. The summed E-state index contributed by atoms with van der Waals surface area (Å²) in [5.74, 6) is 0.901. The monoisotopic (exact) mass is 389 g/mol. The van der Waals surface area contributed by atoms with Crippen molar-refractivity contribution in [2.45, 2.75) is 31.3 Å². The van der Waals surface area contributed by atoms with Crippen molar-refractivity contribution >= 4 is 21.7 Å². The Bertz CT molecular complexity index is 627. The molecule has 1 aromatic carbocycles. The number of nitrogens with zero attached hydrogens (tertiary/aromatic N) is 1. The molecule has 0 bridgehead atoms. The zero-order valence-corrected chi connectivity index (χ0v) is 15.6. The predicted molar refractivity (Wildman–Crippen MR) is 101 cm³/mol. The molecule has 2 N–H and O–H groups in total. The van der Waals surface area contributed by atoms with Gasteiger partial charge < -0.3 is 15.4 Å². The summed E-state index contributed by atoms with van der Waals surface area (Å²) in [6.45, 7) is 4.65. The van der Waals surface area contributed by atoms with Crippen LogP contribution in [0.25, 0.3) is 0 Å². The molecule has 0 aliphatic carbocycles. The normalized spacial score (nSPS) is 18.1. The van der Waals surface area contributed by atoms with Gasteiger partial charge in [0, 0.05) is 42.0 Å². The van der Waals surface area contributed by atoms with Gasteiger partial charge in [-0.3, -0.25) is 0 Å². The van der Waals surface area contributed by atoms with Gasteiger partial charge >= 0.3 is 0 Å². The van der Waals surface area contributed by atoms with Crippen molar-refractivity contribution in [2.75, 3.05) is 25.1 Å². The number of pyridine rings is 1. The second kappa shape index (κ2) is 8.10. The number of halogens is 1. The summed E-state index contributed by atoms with van der Waals surface area (Å²) in [6, 6.07) is 14.9. The molecular formula is C19H24BrN3O. The summed E-state index contributed by atoms with van der Waals surface area (Å²) in [7, 11) is 0. The Morgan fingerprint density at radius 2 is 1.92 bits per heavy atom. The van der Waals surface area contributed by atoms with Crippen LogP contribution in [0.1, 0.15) is 31.4 Å². The third-order valence-electron chi connectivity index (χ3n) is 4.61. The summed E-state index contributed by atoms with van der Waals surface area (Å²) in [6.07, 6.45) is 3.81. The van der Waals surface area contributed by atoms with Crippen LogP contribution in [0.5, 0.6) is 0 Å². The molecule has 1 aromatic heterocycles.